The summed E-state index contributed by atoms with van der Waals surface area (Å²) in [5.41, 5.74) is 0. The van der Waals surface area contributed by atoms with Crippen LogP contribution >= 0.6 is 0 Å². The zero-order valence-electron chi connectivity index (χ0n) is 7.25. The van der Waals surface area contributed by atoms with E-state index >= 15 is 0 Å². The molecule has 0 aromatic heterocycles. The molecule has 0 saturated carbocycles. The third-order valence-corrected chi connectivity index (χ3v) is 1.48. The molecule has 0 saturated heterocycles. The van der Waals surface area contributed by atoms with Crippen molar-refractivity contribution in [2.45, 2.75) is 32.3 Å². The fourth-order valence-corrected chi connectivity index (χ4v) is 0.776. The van der Waals surface area contributed by atoms with Crippen LogP contribution in [-0.4, -0.2) is 24.4 Å². The molecule has 0 aromatic rings. The molecule has 0 aliphatic rings. The van der Waals surface area contributed by atoms with Crippen molar-refractivity contribution < 1.29 is 9.84 Å². The normalized spacial score (nSPS) is 12.9. The monoisotopic (exact) mass is 158 g/mol. The molecule has 0 bridgehead atoms. The van der Waals surface area contributed by atoms with E-state index in [2.05, 4.69) is 13.5 Å². The highest BCUT2D eigenvalue weighted by atomic mass is 16.5. The predicted molar refractivity (Wildman–Crippen MR) is 46.5 cm³/mol. The lowest BCUT2D eigenvalue weighted by atomic mass is 10.2. The molecule has 1 N–H and O–H groups in total. The molecular weight excluding hydrogens is 140 g/mol. The van der Waals surface area contributed by atoms with Crippen molar-refractivity contribution in [3.63, 3.8) is 0 Å². The second-order valence-corrected chi connectivity index (χ2v) is 2.55. The van der Waals surface area contributed by atoms with Crippen molar-refractivity contribution in [1.29, 1.82) is 0 Å². The zero-order valence-corrected chi connectivity index (χ0v) is 7.25. The SMILES string of the molecule is C=CCC(CO)OCCCC. The molecule has 0 aliphatic heterocycles. The Morgan fingerprint density at radius 2 is 2.36 bits per heavy atom. The van der Waals surface area contributed by atoms with Crippen molar-refractivity contribution in [2.24, 2.45) is 0 Å². The third kappa shape index (κ3) is 6.07. The summed E-state index contributed by atoms with van der Waals surface area (Å²) in [5, 5.41) is 8.78. The van der Waals surface area contributed by atoms with Crippen molar-refractivity contribution in [2.75, 3.05) is 13.2 Å². The van der Waals surface area contributed by atoms with Crippen molar-refractivity contribution in [3.05, 3.63) is 12.7 Å². The molecule has 0 rings (SSSR count). The van der Waals surface area contributed by atoms with Gasteiger partial charge in [0.1, 0.15) is 0 Å². The average Bonchev–Trinajstić information content (AvgIpc) is 2.03. The van der Waals surface area contributed by atoms with Gasteiger partial charge < -0.3 is 9.84 Å². The van der Waals surface area contributed by atoms with Gasteiger partial charge in [0.2, 0.25) is 0 Å². The van der Waals surface area contributed by atoms with Crippen molar-refractivity contribution >= 4 is 0 Å². The van der Waals surface area contributed by atoms with Crippen LogP contribution in [0, 0.1) is 0 Å². The second-order valence-electron chi connectivity index (χ2n) is 2.55. The molecule has 0 aromatic carbocycles. The lowest BCUT2D eigenvalue weighted by Gasteiger charge is -2.12. The summed E-state index contributed by atoms with van der Waals surface area (Å²) in [6.07, 6.45) is 4.66. The Hall–Kier alpha value is -0.340. The van der Waals surface area contributed by atoms with E-state index in [-0.39, 0.29) is 12.7 Å². The number of aliphatic hydroxyl groups excluding tert-OH is 1. The highest BCUT2D eigenvalue weighted by Crippen LogP contribution is 1.99. The Morgan fingerprint density at radius 1 is 1.64 bits per heavy atom. The number of unbranched alkanes of at least 4 members (excludes halogenated alkanes) is 1. The first-order valence-corrected chi connectivity index (χ1v) is 4.18. The summed E-state index contributed by atoms with van der Waals surface area (Å²) >= 11 is 0. The van der Waals surface area contributed by atoms with Gasteiger partial charge >= 0.3 is 0 Å². The minimum absolute atomic E-state index is 0.0425. The molecule has 2 heteroatoms. The highest BCUT2D eigenvalue weighted by Gasteiger charge is 2.03. The van der Waals surface area contributed by atoms with E-state index in [4.69, 9.17) is 9.84 Å². The fourth-order valence-electron chi connectivity index (χ4n) is 0.776. The third-order valence-electron chi connectivity index (χ3n) is 1.48. The van der Waals surface area contributed by atoms with E-state index in [0.29, 0.717) is 0 Å². The predicted octanol–water partition coefficient (Wildman–Crippen LogP) is 1.74. The molecule has 0 radical (unpaired) electrons. The minimum atomic E-state index is -0.0425. The molecule has 11 heavy (non-hydrogen) atoms. The van der Waals surface area contributed by atoms with Gasteiger partial charge in [-0.15, -0.1) is 6.58 Å². The molecular formula is C9H18O2. The Morgan fingerprint density at radius 3 is 2.82 bits per heavy atom. The molecule has 0 amide bonds. The Labute approximate surface area is 68.9 Å². The molecule has 1 unspecified atom stereocenters. The summed E-state index contributed by atoms with van der Waals surface area (Å²) in [4.78, 5) is 0. The first-order chi connectivity index (χ1) is 5.35. The molecule has 0 fully saturated rings. The van der Waals surface area contributed by atoms with Gasteiger partial charge in [-0.05, 0) is 12.8 Å². The second kappa shape index (κ2) is 7.76. The Kier molecular flexibility index (Phi) is 7.52. The fraction of sp³-hybridized carbons (Fsp3) is 0.778. The largest absolute Gasteiger partial charge is 0.394 e. The number of rotatable bonds is 7. The number of ether oxygens (including phenoxy) is 1. The molecule has 0 spiro atoms. The van der Waals surface area contributed by atoms with E-state index < -0.39 is 0 Å². The summed E-state index contributed by atoms with van der Waals surface area (Å²) in [5.74, 6) is 0. The van der Waals surface area contributed by atoms with E-state index in [9.17, 15) is 0 Å². The Bertz CT molecular complexity index is 91.6. The zero-order chi connectivity index (χ0) is 8.53. The van der Waals surface area contributed by atoms with E-state index in [1.165, 1.54) is 0 Å². The summed E-state index contributed by atoms with van der Waals surface area (Å²) < 4.78 is 5.35. The maximum Gasteiger partial charge on any atom is 0.0839 e. The van der Waals surface area contributed by atoms with Gasteiger partial charge in [0, 0.05) is 6.61 Å². The van der Waals surface area contributed by atoms with Gasteiger partial charge in [-0.2, -0.15) is 0 Å². The van der Waals surface area contributed by atoms with Crippen LogP contribution in [0.3, 0.4) is 0 Å². The van der Waals surface area contributed by atoms with Crippen LogP contribution in [0.5, 0.6) is 0 Å². The van der Waals surface area contributed by atoms with Crippen LogP contribution in [0.4, 0.5) is 0 Å². The van der Waals surface area contributed by atoms with E-state index in [1.807, 2.05) is 0 Å². The van der Waals surface area contributed by atoms with Crippen LogP contribution in [-0.2, 0) is 4.74 Å². The van der Waals surface area contributed by atoms with E-state index in [1.54, 1.807) is 6.08 Å². The quantitative estimate of drug-likeness (QED) is 0.451. The number of hydrogen-bond donors (Lipinski definition) is 1. The molecule has 2 nitrogen and oxygen atoms in total. The van der Waals surface area contributed by atoms with Crippen molar-refractivity contribution in [3.8, 4) is 0 Å². The van der Waals surface area contributed by atoms with Gasteiger partial charge in [-0.1, -0.05) is 19.4 Å². The van der Waals surface area contributed by atoms with Gasteiger partial charge in [0.05, 0.1) is 12.7 Å². The maximum absolute atomic E-state index is 8.78. The summed E-state index contributed by atoms with van der Waals surface area (Å²) in [6.45, 7) is 6.54. The van der Waals surface area contributed by atoms with Crippen LogP contribution in [0.25, 0.3) is 0 Å². The molecule has 66 valence electrons. The lowest BCUT2D eigenvalue weighted by molar-refractivity contribution is 0.0139. The summed E-state index contributed by atoms with van der Waals surface area (Å²) in [6, 6.07) is 0. The first kappa shape index (κ1) is 10.7. The minimum Gasteiger partial charge on any atom is -0.394 e. The van der Waals surface area contributed by atoms with Crippen LogP contribution in [0.1, 0.15) is 26.2 Å². The first-order valence-electron chi connectivity index (χ1n) is 4.18. The van der Waals surface area contributed by atoms with E-state index in [0.717, 1.165) is 25.9 Å². The topological polar surface area (TPSA) is 29.5 Å². The standard InChI is InChI=1S/C9H18O2/c1-3-5-7-11-9(8-10)6-4-2/h4,9-10H,2-3,5-8H2,1H3. The summed E-state index contributed by atoms with van der Waals surface area (Å²) in [7, 11) is 0. The van der Waals surface area contributed by atoms with Gasteiger partial charge in [-0.3, -0.25) is 0 Å². The highest BCUT2D eigenvalue weighted by molar-refractivity contribution is 4.72. The van der Waals surface area contributed by atoms with Crippen LogP contribution in [0.15, 0.2) is 12.7 Å². The van der Waals surface area contributed by atoms with Crippen LogP contribution in [0.2, 0.25) is 0 Å². The molecule has 0 aliphatic carbocycles. The Balaban J connectivity index is 3.27. The van der Waals surface area contributed by atoms with Crippen molar-refractivity contribution in [1.82, 2.24) is 0 Å². The van der Waals surface area contributed by atoms with Crippen LogP contribution < -0.4 is 0 Å². The average molecular weight is 158 g/mol. The molecule has 1 atom stereocenters. The van der Waals surface area contributed by atoms with Gasteiger partial charge in [-0.25, -0.2) is 0 Å². The maximum atomic E-state index is 8.78. The lowest BCUT2D eigenvalue weighted by Crippen LogP contribution is -2.17. The van der Waals surface area contributed by atoms with Gasteiger partial charge in [0.15, 0.2) is 0 Å². The number of aliphatic hydroxyl groups is 1. The van der Waals surface area contributed by atoms with Gasteiger partial charge in [0.25, 0.3) is 0 Å². The number of hydrogen-bond acceptors (Lipinski definition) is 2. The molecule has 0 heterocycles. The smallest absolute Gasteiger partial charge is 0.0839 e.